The lowest BCUT2D eigenvalue weighted by Gasteiger charge is -2.22. The summed E-state index contributed by atoms with van der Waals surface area (Å²) in [6, 6.07) is 5.41. The Balaban J connectivity index is 0.00000208. The maximum Gasteiger partial charge on any atom is 0.239 e. The first-order valence-corrected chi connectivity index (χ1v) is 7.89. The van der Waals surface area contributed by atoms with Gasteiger partial charge in [-0.1, -0.05) is 0 Å². The van der Waals surface area contributed by atoms with E-state index in [9.17, 15) is 9.59 Å². The number of carbonyl (C=O) groups is 2. The van der Waals surface area contributed by atoms with Crippen molar-refractivity contribution in [2.45, 2.75) is 12.8 Å². The van der Waals surface area contributed by atoms with E-state index in [0.29, 0.717) is 57.2 Å². The van der Waals surface area contributed by atoms with Gasteiger partial charge in [-0.25, -0.2) is 0 Å². The highest BCUT2D eigenvalue weighted by atomic mass is 35.5. The number of nitrogens with two attached hydrogens (primary N) is 1. The summed E-state index contributed by atoms with van der Waals surface area (Å²) >= 11 is 0. The van der Waals surface area contributed by atoms with Gasteiger partial charge in [-0.3, -0.25) is 9.59 Å². The number of amides is 2. The molecule has 3 N–H and O–H groups in total. The maximum atomic E-state index is 12.5. The molecule has 0 spiro atoms. The van der Waals surface area contributed by atoms with Crippen molar-refractivity contribution in [2.24, 2.45) is 11.7 Å². The summed E-state index contributed by atoms with van der Waals surface area (Å²) < 4.78 is 11.0. The minimum Gasteiger partial charge on any atom is -0.486 e. The average molecular weight is 356 g/mol. The standard InChI is InChI=1S/C16H21N3O4.ClH/c17-5-1-6-18-15(20)12-4-7-19(16(12)21)11-2-3-13-14(10-11)23-9-8-22-13;/h2-3,10,12H,1,4-9,17H2,(H,18,20);1H. The second kappa shape index (κ2) is 8.21. The second-order valence-corrected chi connectivity index (χ2v) is 5.59. The van der Waals surface area contributed by atoms with Gasteiger partial charge in [-0.15, -0.1) is 12.4 Å². The van der Waals surface area contributed by atoms with E-state index in [2.05, 4.69) is 5.32 Å². The molecule has 0 aromatic heterocycles. The van der Waals surface area contributed by atoms with Gasteiger partial charge < -0.3 is 25.4 Å². The fourth-order valence-corrected chi connectivity index (χ4v) is 2.82. The third-order valence-corrected chi connectivity index (χ3v) is 4.04. The van der Waals surface area contributed by atoms with Crippen molar-refractivity contribution in [2.75, 3.05) is 37.7 Å². The first kappa shape index (κ1) is 18.4. The number of rotatable bonds is 5. The van der Waals surface area contributed by atoms with Gasteiger partial charge in [0.15, 0.2) is 11.5 Å². The first-order chi connectivity index (χ1) is 11.2. The first-order valence-electron chi connectivity index (χ1n) is 7.89. The number of anilines is 1. The number of halogens is 1. The van der Waals surface area contributed by atoms with Crippen molar-refractivity contribution in [1.82, 2.24) is 5.32 Å². The van der Waals surface area contributed by atoms with E-state index < -0.39 is 5.92 Å². The van der Waals surface area contributed by atoms with Crippen LogP contribution in [0.15, 0.2) is 18.2 Å². The zero-order chi connectivity index (χ0) is 16.2. The smallest absolute Gasteiger partial charge is 0.239 e. The molecule has 2 aliphatic heterocycles. The van der Waals surface area contributed by atoms with E-state index in [0.717, 1.165) is 5.69 Å². The Hall–Kier alpha value is -1.99. The third-order valence-electron chi connectivity index (χ3n) is 4.04. The van der Waals surface area contributed by atoms with Gasteiger partial charge in [0.25, 0.3) is 0 Å². The molecule has 1 atom stereocenters. The molecular weight excluding hydrogens is 334 g/mol. The number of benzene rings is 1. The largest absolute Gasteiger partial charge is 0.486 e. The Labute approximate surface area is 146 Å². The minimum absolute atomic E-state index is 0. The van der Waals surface area contributed by atoms with Crippen LogP contribution in [0.2, 0.25) is 0 Å². The monoisotopic (exact) mass is 355 g/mol. The molecule has 1 aromatic carbocycles. The number of ether oxygens (including phenoxy) is 2. The predicted molar refractivity (Wildman–Crippen MR) is 91.8 cm³/mol. The Morgan fingerprint density at radius 1 is 1.29 bits per heavy atom. The molecule has 0 aliphatic carbocycles. The SMILES string of the molecule is Cl.NCCCNC(=O)C1CCN(c2ccc3c(c2)OCCO3)C1=O. The quantitative estimate of drug-likeness (QED) is 0.599. The number of nitrogens with zero attached hydrogens (tertiary/aromatic N) is 1. The van der Waals surface area contributed by atoms with Gasteiger partial charge in [-0.2, -0.15) is 0 Å². The van der Waals surface area contributed by atoms with Gasteiger partial charge in [0, 0.05) is 24.8 Å². The van der Waals surface area contributed by atoms with Crippen LogP contribution in [0.5, 0.6) is 11.5 Å². The molecule has 132 valence electrons. The summed E-state index contributed by atoms with van der Waals surface area (Å²) in [7, 11) is 0. The zero-order valence-corrected chi connectivity index (χ0v) is 14.1. The van der Waals surface area contributed by atoms with Crippen LogP contribution in [0, 0.1) is 5.92 Å². The molecule has 0 radical (unpaired) electrons. The zero-order valence-electron chi connectivity index (χ0n) is 13.3. The van der Waals surface area contributed by atoms with Crippen LogP contribution in [0.25, 0.3) is 0 Å². The summed E-state index contributed by atoms with van der Waals surface area (Å²) in [5.41, 5.74) is 6.13. The molecule has 2 amide bonds. The Kier molecular flexibility index (Phi) is 6.28. The summed E-state index contributed by atoms with van der Waals surface area (Å²) in [5.74, 6) is 0.302. The number of hydrogen-bond acceptors (Lipinski definition) is 5. The molecule has 0 saturated carbocycles. The molecule has 7 nitrogen and oxygen atoms in total. The highest BCUT2D eigenvalue weighted by Gasteiger charge is 2.37. The number of hydrogen-bond donors (Lipinski definition) is 2. The molecule has 24 heavy (non-hydrogen) atoms. The maximum absolute atomic E-state index is 12.5. The van der Waals surface area contributed by atoms with Crippen LogP contribution in [0.4, 0.5) is 5.69 Å². The molecule has 2 aliphatic rings. The van der Waals surface area contributed by atoms with E-state index in [1.54, 1.807) is 17.0 Å². The van der Waals surface area contributed by atoms with E-state index in [4.69, 9.17) is 15.2 Å². The summed E-state index contributed by atoms with van der Waals surface area (Å²) in [6.07, 6.45) is 1.22. The van der Waals surface area contributed by atoms with Gasteiger partial charge in [0.1, 0.15) is 19.1 Å². The fraction of sp³-hybridized carbons (Fsp3) is 0.500. The van der Waals surface area contributed by atoms with Crippen molar-refractivity contribution < 1.29 is 19.1 Å². The van der Waals surface area contributed by atoms with Gasteiger partial charge in [0.2, 0.25) is 11.8 Å². The molecular formula is C16H22ClN3O4. The highest BCUT2D eigenvalue weighted by molar-refractivity contribution is 6.09. The van der Waals surface area contributed by atoms with E-state index in [1.165, 1.54) is 0 Å². The van der Waals surface area contributed by atoms with Crippen molar-refractivity contribution >= 4 is 29.9 Å². The lowest BCUT2D eigenvalue weighted by atomic mass is 10.1. The van der Waals surface area contributed by atoms with Crippen LogP contribution >= 0.6 is 12.4 Å². The minimum atomic E-state index is -0.624. The van der Waals surface area contributed by atoms with Crippen molar-refractivity contribution in [3.63, 3.8) is 0 Å². The Morgan fingerprint density at radius 2 is 2.04 bits per heavy atom. The molecule has 1 aromatic rings. The fourth-order valence-electron chi connectivity index (χ4n) is 2.82. The summed E-state index contributed by atoms with van der Waals surface area (Å²) in [6.45, 7) is 2.56. The molecule has 8 heteroatoms. The van der Waals surface area contributed by atoms with E-state index in [-0.39, 0.29) is 24.2 Å². The lowest BCUT2D eigenvalue weighted by molar-refractivity contribution is -0.132. The average Bonchev–Trinajstić information content (AvgIpc) is 2.96. The van der Waals surface area contributed by atoms with Crippen LogP contribution < -0.4 is 25.4 Å². The van der Waals surface area contributed by atoms with Crippen LogP contribution in [-0.4, -0.2) is 44.7 Å². The summed E-state index contributed by atoms with van der Waals surface area (Å²) in [5, 5.41) is 2.77. The molecule has 3 rings (SSSR count). The molecule has 0 bridgehead atoms. The topological polar surface area (TPSA) is 93.9 Å². The second-order valence-electron chi connectivity index (χ2n) is 5.59. The van der Waals surface area contributed by atoms with Crippen molar-refractivity contribution in [3.8, 4) is 11.5 Å². The third kappa shape index (κ3) is 3.73. The Morgan fingerprint density at radius 3 is 2.79 bits per heavy atom. The number of nitrogens with one attached hydrogen (secondary N) is 1. The van der Waals surface area contributed by atoms with Crippen molar-refractivity contribution in [1.29, 1.82) is 0 Å². The predicted octanol–water partition coefficient (Wildman–Crippen LogP) is 0.697. The normalized spacial score (nSPS) is 19.0. The van der Waals surface area contributed by atoms with Crippen LogP contribution in [-0.2, 0) is 9.59 Å². The molecule has 2 heterocycles. The van der Waals surface area contributed by atoms with Gasteiger partial charge in [-0.05, 0) is 31.5 Å². The number of fused-ring (bicyclic) bond motifs is 1. The van der Waals surface area contributed by atoms with Crippen LogP contribution in [0.3, 0.4) is 0 Å². The Bertz CT molecular complexity index is 611. The highest BCUT2D eigenvalue weighted by Crippen LogP contribution is 2.35. The lowest BCUT2D eigenvalue weighted by Crippen LogP contribution is -2.37. The molecule has 1 fully saturated rings. The van der Waals surface area contributed by atoms with E-state index in [1.807, 2.05) is 6.07 Å². The number of carbonyl (C=O) groups excluding carboxylic acids is 2. The van der Waals surface area contributed by atoms with Crippen LogP contribution in [0.1, 0.15) is 12.8 Å². The van der Waals surface area contributed by atoms with Gasteiger partial charge >= 0.3 is 0 Å². The molecule has 1 saturated heterocycles. The van der Waals surface area contributed by atoms with Gasteiger partial charge in [0.05, 0.1) is 0 Å². The van der Waals surface area contributed by atoms with Crippen molar-refractivity contribution in [3.05, 3.63) is 18.2 Å². The molecule has 1 unspecified atom stereocenters. The van der Waals surface area contributed by atoms with E-state index >= 15 is 0 Å². The summed E-state index contributed by atoms with van der Waals surface area (Å²) in [4.78, 5) is 26.2.